The normalized spacial score (nSPS) is 10.7. The number of nitrogens with one attached hydrogen (secondary N) is 1. The Balaban J connectivity index is 1.96. The van der Waals surface area contributed by atoms with Gasteiger partial charge in [-0.3, -0.25) is 5.10 Å². The van der Waals surface area contributed by atoms with E-state index >= 15 is 0 Å². The van der Waals surface area contributed by atoms with Crippen molar-refractivity contribution >= 4 is 17.4 Å². The molecule has 2 heterocycles. The van der Waals surface area contributed by atoms with Gasteiger partial charge in [-0.25, -0.2) is 0 Å². The van der Waals surface area contributed by atoms with E-state index in [-0.39, 0.29) is 0 Å². The first kappa shape index (κ1) is 10.8. The standard InChI is InChI=1S/C11H8ClN5O/c12-7-3-1-6(2-4-7)10-14-11(18-17-10)8-5-9(13)16-15-8/h1-5H,(H3,13,15,16). The van der Waals surface area contributed by atoms with Crippen LogP contribution in [0.3, 0.4) is 0 Å². The molecule has 0 aliphatic carbocycles. The van der Waals surface area contributed by atoms with Crippen LogP contribution in [0.4, 0.5) is 5.82 Å². The predicted molar refractivity (Wildman–Crippen MR) is 66.7 cm³/mol. The van der Waals surface area contributed by atoms with Crippen LogP contribution in [-0.2, 0) is 0 Å². The van der Waals surface area contributed by atoms with Crippen molar-refractivity contribution in [1.29, 1.82) is 0 Å². The van der Waals surface area contributed by atoms with E-state index in [9.17, 15) is 0 Å². The first-order valence-corrected chi connectivity index (χ1v) is 5.51. The Morgan fingerprint density at radius 2 is 2.00 bits per heavy atom. The third kappa shape index (κ3) is 1.93. The Morgan fingerprint density at radius 1 is 1.22 bits per heavy atom. The minimum absolute atomic E-state index is 0.337. The minimum Gasteiger partial charge on any atom is -0.382 e. The molecule has 0 saturated carbocycles. The summed E-state index contributed by atoms with van der Waals surface area (Å²) in [7, 11) is 0. The lowest BCUT2D eigenvalue weighted by Crippen LogP contribution is -1.81. The Kier molecular flexibility index (Phi) is 2.49. The number of hydrogen-bond donors (Lipinski definition) is 2. The molecule has 2 aromatic heterocycles. The van der Waals surface area contributed by atoms with E-state index in [4.69, 9.17) is 21.9 Å². The molecule has 6 nitrogen and oxygen atoms in total. The maximum atomic E-state index is 5.81. The number of nitrogens with two attached hydrogens (primary N) is 1. The second kappa shape index (κ2) is 4.15. The van der Waals surface area contributed by atoms with Crippen molar-refractivity contribution in [3.05, 3.63) is 35.4 Å². The highest BCUT2D eigenvalue weighted by atomic mass is 35.5. The Hall–Kier alpha value is -2.34. The zero-order valence-electron chi connectivity index (χ0n) is 9.09. The molecule has 0 atom stereocenters. The molecule has 3 N–H and O–H groups in total. The van der Waals surface area contributed by atoms with Gasteiger partial charge in [-0.15, -0.1) is 0 Å². The molecule has 3 aromatic rings. The van der Waals surface area contributed by atoms with E-state index in [0.717, 1.165) is 5.56 Å². The second-order valence-corrected chi connectivity index (χ2v) is 4.07. The molecular formula is C11H8ClN5O. The van der Waals surface area contributed by atoms with Gasteiger partial charge in [0.15, 0.2) is 0 Å². The lowest BCUT2D eigenvalue weighted by molar-refractivity contribution is 0.431. The first-order valence-electron chi connectivity index (χ1n) is 5.13. The summed E-state index contributed by atoms with van der Waals surface area (Å²) in [5.41, 5.74) is 6.91. The molecular weight excluding hydrogens is 254 g/mol. The number of aromatic nitrogens is 4. The maximum Gasteiger partial charge on any atom is 0.276 e. The van der Waals surface area contributed by atoms with Gasteiger partial charge in [0.05, 0.1) is 0 Å². The highest BCUT2D eigenvalue weighted by molar-refractivity contribution is 6.30. The number of nitrogen functional groups attached to an aromatic ring is 1. The van der Waals surface area contributed by atoms with Crippen LogP contribution in [0.2, 0.25) is 5.02 Å². The zero-order chi connectivity index (χ0) is 12.5. The highest BCUT2D eigenvalue weighted by Crippen LogP contribution is 2.22. The van der Waals surface area contributed by atoms with Crippen LogP contribution >= 0.6 is 11.6 Å². The minimum atomic E-state index is 0.337. The van der Waals surface area contributed by atoms with Gasteiger partial charge in [0.1, 0.15) is 11.5 Å². The topological polar surface area (TPSA) is 93.6 Å². The molecule has 0 spiro atoms. The third-order valence-corrected chi connectivity index (χ3v) is 2.61. The first-order chi connectivity index (χ1) is 8.72. The van der Waals surface area contributed by atoms with Crippen LogP contribution in [0.1, 0.15) is 0 Å². The summed E-state index contributed by atoms with van der Waals surface area (Å²) in [4.78, 5) is 4.25. The van der Waals surface area contributed by atoms with Gasteiger partial charge in [0, 0.05) is 16.7 Å². The van der Waals surface area contributed by atoms with Crippen molar-refractivity contribution in [2.24, 2.45) is 0 Å². The molecule has 0 saturated heterocycles. The van der Waals surface area contributed by atoms with E-state index in [1.165, 1.54) is 0 Å². The maximum absolute atomic E-state index is 5.81. The largest absolute Gasteiger partial charge is 0.382 e. The van der Waals surface area contributed by atoms with Gasteiger partial charge in [0.25, 0.3) is 5.89 Å². The molecule has 7 heteroatoms. The number of benzene rings is 1. The number of nitrogens with zero attached hydrogens (tertiary/aromatic N) is 3. The summed E-state index contributed by atoms with van der Waals surface area (Å²) in [6.07, 6.45) is 0. The van der Waals surface area contributed by atoms with E-state index in [0.29, 0.717) is 28.2 Å². The van der Waals surface area contributed by atoms with Crippen LogP contribution in [0, 0.1) is 0 Å². The van der Waals surface area contributed by atoms with Gasteiger partial charge in [-0.2, -0.15) is 10.1 Å². The fourth-order valence-corrected chi connectivity index (χ4v) is 1.62. The molecule has 0 aliphatic heterocycles. The van der Waals surface area contributed by atoms with Gasteiger partial charge in [0.2, 0.25) is 5.82 Å². The molecule has 1 aromatic carbocycles. The lowest BCUT2D eigenvalue weighted by atomic mass is 10.2. The van der Waals surface area contributed by atoms with Crippen LogP contribution in [0.25, 0.3) is 23.0 Å². The van der Waals surface area contributed by atoms with E-state index in [2.05, 4.69) is 20.3 Å². The highest BCUT2D eigenvalue weighted by Gasteiger charge is 2.12. The van der Waals surface area contributed by atoms with Crippen LogP contribution in [-0.4, -0.2) is 20.3 Å². The Morgan fingerprint density at radius 3 is 2.67 bits per heavy atom. The van der Waals surface area contributed by atoms with Crippen LogP contribution in [0.15, 0.2) is 34.9 Å². The molecule has 18 heavy (non-hydrogen) atoms. The van der Waals surface area contributed by atoms with Crippen molar-refractivity contribution in [2.45, 2.75) is 0 Å². The van der Waals surface area contributed by atoms with Gasteiger partial charge < -0.3 is 10.3 Å². The van der Waals surface area contributed by atoms with Crippen molar-refractivity contribution in [1.82, 2.24) is 20.3 Å². The average molecular weight is 262 g/mol. The number of H-pyrrole nitrogens is 1. The van der Waals surface area contributed by atoms with Crippen molar-refractivity contribution in [3.63, 3.8) is 0 Å². The Bertz CT molecular complexity index is 673. The molecule has 3 rings (SSSR count). The SMILES string of the molecule is Nc1cc(-c2nc(-c3ccc(Cl)cc3)no2)[nH]n1. The van der Waals surface area contributed by atoms with E-state index < -0.39 is 0 Å². The average Bonchev–Trinajstić information content (AvgIpc) is 2.98. The molecule has 0 radical (unpaired) electrons. The predicted octanol–water partition coefficient (Wildman–Crippen LogP) is 2.36. The quantitative estimate of drug-likeness (QED) is 0.738. The molecule has 0 fully saturated rings. The summed E-state index contributed by atoms with van der Waals surface area (Å²) in [5, 5.41) is 11.0. The van der Waals surface area contributed by atoms with Crippen molar-refractivity contribution < 1.29 is 4.52 Å². The lowest BCUT2D eigenvalue weighted by Gasteiger charge is -1.92. The number of rotatable bonds is 2. The number of anilines is 1. The van der Waals surface area contributed by atoms with E-state index in [1.54, 1.807) is 18.2 Å². The van der Waals surface area contributed by atoms with Crippen molar-refractivity contribution in [3.8, 4) is 23.0 Å². The summed E-state index contributed by atoms with van der Waals surface area (Å²) in [5.74, 6) is 1.19. The fraction of sp³-hybridized carbons (Fsp3) is 0. The summed E-state index contributed by atoms with van der Waals surface area (Å²) >= 11 is 5.81. The molecule has 0 unspecified atom stereocenters. The summed E-state index contributed by atoms with van der Waals surface area (Å²) < 4.78 is 5.13. The summed E-state index contributed by atoms with van der Waals surface area (Å²) in [6.45, 7) is 0. The molecule has 0 bridgehead atoms. The third-order valence-electron chi connectivity index (χ3n) is 2.36. The Labute approximate surface area is 107 Å². The monoisotopic (exact) mass is 261 g/mol. The van der Waals surface area contributed by atoms with Crippen LogP contribution < -0.4 is 5.73 Å². The van der Waals surface area contributed by atoms with Crippen molar-refractivity contribution in [2.75, 3.05) is 5.73 Å². The molecule has 0 aliphatic rings. The molecule has 90 valence electrons. The number of aromatic amines is 1. The van der Waals surface area contributed by atoms with E-state index in [1.807, 2.05) is 12.1 Å². The second-order valence-electron chi connectivity index (χ2n) is 3.64. The number of halogens is 1. The van der Waals surface area contributed by atoms with Gasteiger partial charge in [-0.1, -0.05) is 16.8 Å². The smallest absolute Gasteiger partial charge is 0.276 e. The van der Waals surface area contributed by atoms with Gasteiger partial charge >= 0.3 is 0 Å². The number of hydrogen-bond acceptors (Lipinski definition) is 5. The zero-order valence-corrected chi connectivity index (χ0v) is 9.85. The van der Waals surface area contributed by atoms with Gasteiger partial charge in [-0.05, 0) is 24.3 Å². The fourth-order valence-electron chi connectivity index (χ4n) is 1.50. The molecule has 0 amide bonds. The summed E-state index contributed by atoms with van der Waals surface area (Å²) in [6, 6.07) is 8.79. The van der Waals surface area contributed by atoms with Crippen LogP contribution in [0.5, 0.6) is 0 Å².